The Balaban J connectivity index is 0.00000112. The molecule has 0 aliphatic rings. The van der Waals surface area contributed by atoms with E-state index >= 15 is 0 Å². The number of H-pyrrole nitrogens is 1. The molecule has 0 aliphatic heterocycles. The molecule has 0 unspecified atom stereocenters. The zero-order valence-corrected chi connectivity index (χ0v) is 8.92. The van der Waals surface area contributed by atoms with E-state index in [4.69, 9.17) is 11.0 Å². The molecule has 78 valence electrons. The van der Waals surface area contributed by atoms with Crippen molar-refractivity contribution in [3.8, 4) is 6.07 Å². The monoisotopic (exact) mass is 221 g/mol. The number of nitrogens with two attached hydrogens (primary N) is 1. The number of fused-ring (bicyclic) bond motifs is 1. The quantitative estimate of drug-likeness (QED) is 0.818. The summed E-state index contributed by atoms with van der Waals surface area (Å²) in [4.78, 5) is 3.12. The number of aromatic nitrogens is 1. The highest BCUT2D eigenvalue weighted by Gasteiger charge is 2.05. The third-order valence-electron chi connectivity index (χ3n) is 2.32. The highest BCUT2D eigenvalue weighted by molar-refractivity contribution is 5.85. The standard InChI is InChI=1S/C11H11N3.ClH/c12-5-3-10(13)9-2-1-8-4-6-14-11(8)7-9;/h1-2,4,6-7,10,14H,3,13H2;1H/t10-;/m0./s1. The van der Waals surface area contributed by atoms with Gasteiger partial charge in [-0.25, -0.2) is 0 Å². The highest BCUT2D eigenvalue weighted by Crippen LogP contribution is 2.19. The van der Waals surface area contributed by atoms with E-state index in [2.05, 4.69) is 11.1 Å². The van der Waals surface area contributed by atoms with Gasteiger partial charge < -0.3 is 10.7 Å². The number of nitrogens with one attached hydrogen (secondary N) is 1. The second-order valence-electron chi connectivity index (χ2n) is 3.29. The van der Waals surface area contributed by atoms with Gasteiger partial charge in [-0.3, -0.25) is 0 Å². The number of aromatic amines is 1. The first kappa shape index (κ1) is 11.6. The number of halogens is 1. The summed E-state index contributed by atoms with van der Waals surface area (Å²) < 4.78 is 0. The Morgan fingerprint density at radius 1 is 1.40 bits per heavy atom. The lowest BCUT2D eigenvalue weighted by Crippen LogP contribution is -2.08. The molecule has 0 saturated heterocycles. The van der Waals surface area contributed by atoms with Gasteiger partial charge in [-0.1, -0.05) is 12.1 Å². The molecule has 3 N–H and O–H groups in total. The van der Waals surface area contributed by atoms with Crippen LogP contribution in [0.4, 0.5) is 0 Å². The molecule has 0 aliphatic carbocycles. The van der Waals surface area contributed by atoms with Gasteiger partial charge >= 0.3 is 0 Å². The van der Waals surface area contributed by atoms with E-state index < -0.39 is 0 Å². The van der Waals surface area contributed by atoms with Gasteiger partial charge in [0.05, 0.1) is 12.5 Å². The highest BCUT2D eigenvalue weighted by atomic mass is 35.5. The molecule has 2 rings (SSSR count). The average Bonchev–Trinajstić information content (AvgIpc) is 2.64. The lowest BCUT2D eigenvalue weighted by atomic mass is 10.0. The van der Waals surface area contributed by atoms with Crippen LogP contribution in [-0.2, 0) is 0 Å². The van der Waals surface area contributed by atoms with Crippen molar-refractivity contribution in [3.05, 3.63) is 36.0 Å². The van der Waals surface area contributed by atoms with Crippen LogP contribution >= 0.6 is 12.4 Å². The largest absolute Gasteiger partial charge is 0.361 e. The van der Waals surface area contributed by atoms with E-state index in [1.165, 1.54) is 0 Å². The topological polar surface area (TPSA) is 65.6 Å². The van der Waals surface area contributed by atoms with Gasteiger partial charge in [-0.15, -0.1) is 12.4 Å². The summed E-state index contributed by atoms with van der Waals surface area (Å²) in [5.74, 6) is 0. The fourth-order valence-electron chi connectivity index (χ4n) is 1.51. The summed E-state index contributed by atoms with van der Waals surface area (Å²) in [7, 11) is 0. The van der Waals surface area contributed by atoms with E-state index in [0.717, 1.165) is 16.5 Å². The molecule has 1 heterocycles. The Kier molecular flexibility index (Phi) is 3.73. The summed E-state index contributed by atoms with van der Waals surface area (Å²) >= 11 is 0. The molecule has 0 radical (unpaired) electrons. The van der Waals surface area contributed by atoms with Crippen LogP contribution in [-0.4, -0.2) is 4.98 Å². The molecule has 0 bridgehead atoms. The van der Waals surface area contributed by atoms with Gasteiger partial charge in [-0.05, 0) is 23.1 Å². The van der Waals surface area contributed by atoms with Crippen LogP contribution in [0.15, 0.2) is 30.5 Å². The molecule has 1 atom stereocenters. The SMILES string of the molecule is Cl.N#CC[C@H](N)c1ccc2cc[nH]c2c1. The number of hydrogen-bond acceptors (Lipinski definition) is 2. The van der Waals surface area contributed by atoms with E-state index in [1.54, 1.807) is 0 Å². The van der Waals surface area contributed by atoms with Crippen molar-refractivity contribution in [2.24, 2.45) is 5.73 Å². The maximum atomic E-state index is 8.53. The molecular formula is C11H12ClN3. The van der Waals surface area contributed by atoms with E-state index in [9.17, 15) is 0 Å². The van der Waals surface area contributed by atoms with Crippen LogP contribution in [0, 0.1) is 11.3 Å². The molecule has 0 saturated carbocycles. The fourth-order valence-corrected chi connectivity index (χ4v) is 1.51. The van der Waals surface area contributed by atoms with Crippen molar-refractivity contribution >= 4 is 23.3 Å². The lowest BCUT2D eigenvalue weighted by Gasteiger charge is -2.07. The number of hydrogen-bond donors (Lipinski definition) is 2. The van der Waals surface area contributed by atoms with Crippen LogP contribution in [0.25, 0.3) is 10.9 Å². The van der Waals surface area contributed by atoms with E-state index in [0.29, 0.717) is 6.42 Å². The van der Waals surface area contributed by atoms with Crippen LogP contribution in [0.2, 0.25) is 0 Å². The molecule has 3 nitrogen and oxygen atoms in total. The Labute approximate surface area is 94.3 Å². The first-order chi connectivity index (χ1) is 6.81. The predicted octanol–water partition coefficient (Wildman–Crippen LogP) is 2.50. The maximum absolute atomic E-state index is 8.53. The molecule has 0 fully saturated rings. The zero-order valence-electron chi connectivity index (χ0n) is 8.10. The van der Waals surface area contributed by atoms with Gasteiger partial charge in [0.25, 0.3) is 0 Å². The minimum absolute atomic E-state index is 0. The lowest BCUT2D eigenvalue weighted by molar-refractivity contribution is 0.749. The van der Waals surface area contributed by atoms with Gasteiger partial charge in [0, 0.05) is 17.8 Å². The number of rotatable bonds is 2. The van der Waals surface area contributed by atoms with Gasteiger partial charge in [0.1, 0.15) is 0 Å². The minimum atomic E-state index is -0.187. The van der Waals surface area contributed by atoms with Crippen LogP contribution in [0.3, 0.4) is 0 Å². The third kappa shape index (κ3) is 2.30. The maximum Gasteiger partial charge on any atom is 0.0641 e. The molecule has 15 heavy (non-hydrogen) atoms. The summed E-state index contributed by atoms with van der Waals surface area (Å²) in [6.45, 7) is 0. The summed E-state index contributed by atoms with van der Waals surface area (Å²) in [6.07, 6.45) is 2.25. The van der Waals surface area contributed by atoms with Crippen molar-refractivity contribution in [1.29, 1.82) is 5.26 Å². The van der Waals surface area contributed by atoms with Gasteiger partial charge in [0.15, 0.2) is 0 Å². The second kappa shape index (κ2) is 4.83. The summed E-state index contributed by atoms with van der Waals surface area (Å²) in [6, 6.07) is 9.87. The number of nitriles is 1. The number of nitrogens with zero attached hydrogens (tertiary/aromatic N) is 1. The average molecular weight is 222 g/mol. The Morgan fingerprint density at radius 3 is 2.93 bits per heavy atom. The molecule has 1 aromatic carbocycles. The van der Waals surface area contributed by atoms with E-state index in [-0.39, 0.29) is 18.4 Å². The van der Waals surface area contributed by atoms with Crippen molar-refractivity contribution in [1.82, 2.24) is 4.98 Å². The zero-order chi connectivity index (χ0) is 9.97. The van der Waals surface area contributed by atoms with Crippen LogP contribution < -0.4 is 5.73 Å². The van der Waals surface area contributed by atoms with Crippen LogP contribution in [0.5, 0.6) is 0 Å². The van der Waals surface area contributed by atoms with Gasteiger partial charge in [0.2, 0.25) is 0 Å². The Hall–Kier alpha value is -1.50. The summed E-state index contributed by atoms with van der Waals surface area (Å²) in [5, 5.41) is 9.70. The Morgan fingerprint density at radius 2 is 2.20 bits per heavy atom. The van der Waals surface area contributed by atoms with Crippen molar-refractivity contribution in [3.63, 3.8) is 0 Å². The first-order valence-corrected chi connectivity index (χ1v) is 4.51. The molecule has 0 amide bonds. The third-order valence-corrected chi connectivity index (χ3v) is 2.32. The summed E-state index contributed by atoms with van der Waals surface area (Å²) in [5.41, 5.74) is 7.90. The van der Waals surface area contributed by atoms with Crippen LogP contribution in [0.1, 0.15) is 18.0 Å². The predicted molar refractivity (Wildman–Crippen MR) is 62.7 cm³/mol. The molecule has 2 aromatic rings. The number of benzene rings is 1. The smallest absolute Gasteiger partial charge is 0.0641 e. The molecule has 1 aromatic heterocycles. The normalized spacial score (nSPS) is 11.7. The Bertz CT molecular complexity index is 484. The van der Waals surface area contributed by atoms with Crippen molar-refractivity contribution in [2.75, 3.05) is 0 Å². The fraction of sp³-hybridized carbons (Fsp3) is 0.182. The molecular weight excluding hydrogens is 210 g/mol. The molecule has 4 heteroatoms. The first-order valence-electron chi connectivity index (χ1n) is 4.51. The molecule has 0 spiro atoms. The minimum Gasteiger partial charge on any atom is -0.361 e. The van der Waals surface area contributed by atoms with Crippen molar-refractivity contribution in [2.45, 2.75) is 12.5 Å². The van der Waals surface area contributed by atoms with E-state index in [1.807, 2.05) is 30.5 Å². The van der Waals surface area contributed by atoms with Crippen molar-refractivity contribution < 1.29 is 0 Å². The second-order valence-corrected chi connectivity index (χ2v) is 3.29. The van der Waals surface area contributed by atoms with Gasteiger partial charge in [-0.2, -0.15) is 5.26 Å².